The van der Waals surface area contributed by atoms with E-state index in [2.05, 4.69) is 31.5 Å². The molecule has 2 aromatic rings. The largest absolute Gasteiger partial charge is 0.507 e. The molecule has 87 heavy (non-hydrogen) atoms. The fraction of sp³-hybridized carbons (Fsp3) is 0.625. The number of ether oxygens (including phenoxy) is 8. The highest BCUT2D eigenvalue weighted by Crippen LogP contribution is 2.53. The van der Waals surface area contributed by atoms with Gasteiger partial charge in [-0.15, -0.1) is 0 Å². The van der Waals surface area contributed by atoms with E-state index >= 15 is 0 Å². The van der Waals surface area contributed by atoms with Crippen LogP contribution in [0.15, 0.2) is 18.2 Å². The summed E-state index contributed by atoms with van der Waals surface area (Å²) >= 11 is 0. The Bertz CT molecular complexity index is 3060. The fourth-order valence-electron chi connectivity index (χ4n) is 12.0. The van der Waals surface area contributed by atoms with E-state index in [4.69, 9.17) is 39.3 Å². The number of carbonyl (C=O) groups is 9. The second-order valence-electron chi connectivity index (χ2n) is 22.4. The van der Waals surface area contributed by atoms with Crippen molar-refractivity contribution in [2.75, 3.05) is 66.8 Å². The number of ketones is 2. The highest BCUT2D eigenvalue weighted by atomic mass is 16.7. The maximum absolute atomic E-state index is 14.4. The molecule has 9 rings (SSSR count). The van der Waals surface area contributed by atoms with Crippen LogP contribution in [0, 0.1) is 5.92 Å². The second-order valence-corrected chi connectivity index (χ2v) is 22.4. The van der Waals surface area contributed by atoms with Crippen molar-refractivity contribution in [3.8, 4) is 17.2 Å². The Balaban J connectivity index is 0.902. The molecule has 16 atom stereocenters. The van der Waals surface area contributed by atoms with Gasteiger partial charge in [0, 0.05) is 95.9 Å². The number of phenols is 2. The standard InChI is InChI=1S/C56H73N7O24/c1-23(2)41(61-32(65)11-12-57-33(66)20-63-34(67)9-10-35(63)68)51(77)60-27(22-83-53-48(75)47(74)44(71)31(21-64)86-53)50(76)58-13-14-59-55(78)56(79)18-26-38(46(73)40-39(43(26)70)42(69)25-7-6-8-29(80-4)37(25)45(40)72)30(19-56)85-36-17-28-49(24(3)84-36)87-52-54(81-5)82-16-15-62(28)52/h6-8,23-24,27-28,30-31,36,41,44,47-49,52-54,64,70-71,73-75,79H,9-22H2,1-5H3,(H,57,66)(H,58,76)(H,59,78)(H,60,77)(H,61,65)/t24-,27-,28-,30-,31+,36+,41-,44+,47-,48+,49+,52+,53+,54-,56-/m0/s1/i9T/t9?,24-,27-,28-,30-,31+,36+,41-,44+,47-,48+,49+,52+,53+,54-,56-. The molecule has 31 heteroatoms. The van der Waals surface area contributed by atoms with E-state index < -0.39 is 225 Å². The molecular weight excluding hydrogens is 1150 g/mol. The normalized spacial score (nSPS) is 31.1. The van der Waals surface area contributed by atoms with E-state index in [0.29, 0.717) is 18.1 Å². The maximum Gasteiger partial charge on any atom is 0.252 e. The molecule has 5 aliphatic heterocycles. The van der Waals surface area contributed by atoms with Crippen LogP contribution in [0.3, 0.4) is 0 Å². The lowest BCUT2D eigenvalue weighted by molar-refractivity contribution is -0.301. The van der Waals surface area contributed by atoms with Gasteiger partial charge in [0.1, 0.15) is 72.0 Å². The monoisotopic (exact) mass is 1230 g/mol. The molecule has 2 aliphatic carbocycles. The summed E-state index contributed by atoms with van der Waals surface area (Å²) in [5.41, 5.74) is -4.50. The Hall–Kier alpha value is -6.85. The van der Waals surface area contributed by atoms with Crippen LogP contribution in [0.5, 0.6) is 17.2 Å². The van der Waals surface area contributed by atoms with Gasteiger partial charge in [-0.3, -0.25) is 53.0 Å². The number of aliphatic hydroxyl groups excluding tert-OH is 4. The number of benzene rings is 2. The number of likely N-dealkylation sites (tertiary alicyclic amines) is 1. The predicted octanol–water partition coefficient (Wildman–Crippen LogP) is -4.52. The van der Waals surface area contributed by atoms with E-state index in [-0.39, 0.29) is 53.4 Å². The SMILES string of the molecule is [3H]C1CC(=O)N(CC(=O)NCCC(=O)N[C@H](C(=O)N[C@@H](CO[C@@H]2O[C@H](CO)[C@@H](O)[C@H](O)[C@H]2O)C(=O)NCCNC(=O)[C@]2(O)Cc3c(O)c4c(c(O)c3[C@@H](O[C@@H]3C[C@H]5[C@H](O[C@@H]6[C@@H](OC)OCCN65)[C@H](C)O3)C2)C(=O)c2c(OC)cccc2C4=O)C(C)C)C1=O. The minimum atomic E-state index is -2.53. The summed E-state index contributed by atoms with van der Waals surface area (Å²) in [5.74, 6) is -10.1. The lowest BCUT2D eigenvalue weighted by Crippen LogP contribution is -2.61. The van der Waals surface area contributed by atoms with E-state index in [1.165, 1.54) is 32.4 Å². The number of imide groups is 1. The molecule has 0 spiro atoms. The fourth-order valence-corrected chi connectivity index (χ4v) is 12.0. The number of hydrogen-bond acceptors (Lipinski definition) is 25. The van der Waals surface area contributed by atoms with E-state index in [9.17, 15) is 78.9 Å². The topological polar surface area (TPSA) is 436 Å². The Morgan fingerprint density at radius 2 is 1.59 bits per heavy atom. The number of methoxy groups -OCH3 is 2. The van der Waals surface area contributed by atoms with Gasteiger partial charge in [0.2, 0.25) is 41.2 Å². The average molecular weight is 1230 g/mol. The van der Waals surface area contributed by atoms with Crippen molar-refractivity contribution in [3.63, 3.8) is 0 Å². The minimum Gasteiger partial charge on any atom is -0.507 e. The third kappa shape index (κ3) is 13.0. The van der Waals surface area contributed by atoms with Gasteiger partial charge in [-0.2, -0.15) is 0 Å². The number of amides is 7. The Morgan fingerprint density at radius 3 is 2.28 bits per heavy atom. The lowest BCUT2D eigenvalue weighted by Gasteiger charge is -2.43. The van der Waals surface area contributed by atoms with Crippen LogP contribution in [0.2, 0.25) is 0 Å². The summed E-state index contributed by atoms with van der Waals surface area (Å²) in [6, 6.07) is 0.836. The zero-order valence-corrected chi connectivity index (χ0v) is 48.1. The predicted molar refractivity (Wildman–Crippen MR) is 290 cm³/mol. The lowest BCUT2D eigenvalue weighted by atomic mass is 9.72. The highest BCUT2D eigenvalue weighted by molar-refractivity contribution is 6.31. The van der Waals surface area contributed by atoms with Gasteiger partial charge >= 0.3 is 0 Å². The molecule has 0 aromatic heterocycles. The summed E-state index contributed by atoms with van der Waals surface area (Å²) in [6.45, 7) is 2.15. The van der Waals surface area contributed by atoms with Crippen LogP contribution in [-0.2, 0) is 73.1 Å². The molecule has 5 fully saturated rings. The summed E-state index contributed by atoms with van der Waals surface area (Å²) in [6.07, 6.45) is -17.2. The third-order valence-corrected chi connectivity index (χ3v) is 16.5. The first-order valence-electron chi connectivity index (χ1n) is 29.0. The van der Waals surface area contributed by atoms with Crippen molar-refractivity contribution in [1.82, 2.24) is 36.4 Å². The number of rotatable bonds is 22. The molecule has 12 N–H and O–H groups in total. The van der Waals surface area contributed by atoms with Crippen molar-refractivity contribution in [2.45, 2.75) is 151 Å². The van der Waals surface area contributed by atoms with Crippen LogP contribution in [0.1, 0.15) is 103 Å². The molecule has 7 amide bonds. The summed E-state index contributed by atoms with van der Waals surface area (Å²) in [7, 11) is 2.77. The molecule has 0 bridgehead atoms. The number of phenolic OH excluding ortho intramolecular Hbond substituents is 2. The van der Waals surface area contributed by atoms with Crippen molar-refractivity contribution in [3.05, 3.63) is 51.6 Å². The molecule has 31 nitrogen and oxygen atoms in total. The van der Waals surface area contributed by atoms with Crippen LogP contribution in [0.25, 0.3) is 0 Å². The van der Waals surface area contributed by atoms with Crippen LogP contribution in [-0.4, -0.2) is 251 Å². The molecule has 2 aromatic carbocycles. The van der Waals surface area contributed by atoms with Gasteiger partial charge in [-0.25, -0.2) is 0 Å². The van der Waals surface area contributed by atoms with Gasteiger partial charge in [0.25, 0.3) is 5.91 Å². The third-order valence-electron chi connectivity index (χ3n) is 16.5. The quantitative estimate of drug-likeness (QED) is 0.0256. The number of nitrogens with one attached hydrogen (secondary N) is 5. The number of aliphatic hydroxyl groups is 5. The molecule has 5 saturated heterocycles. The molecule has 0 radical (unpaired) electrons. The summed E-state index contributed by atoms with van der Waals surface area (Å²) in [4.78, 5) is 123. The number of aromatic hydroxyl groups is 2. The van der Waals surface area contributed by atoms with Gasteiger partial charge in [-0.1, -0.05) is 26.0 Å². The Morgan fingerprint density at radius 1 is 0.851 bits per heavy atom. The van der Waals surface area contributed by atoms with Crippen LogP contribution in [0.4, 0.5) is 0 Å². The second kappa shape index (κ2) is 26.9. The molecule has 1 unspecified atom stereocenters. The van der Waals surface area contributed by atoms with Crippen LogP contribution >= 0.6 is 0 Å². The van der Waals surface area contributed by atoms with Crippen molar-refractivity contribution in [2.24, 2.45) is 5.92 Å². The zero-order valence-electron chi connectivity index (χ0n) is 49.1. The van der Waals surface area contributed by atoms with Crippen LogP contribution < -0.4 is 31.3 Å². The zero-order chi connectivity index (χ0) is 63.8. The summed E-state index contributed by atoms with van der Waals surface area (Å²) < 4.78 is 54.7. The van der Waals surface area contributed by atoms with Crippen molar-refractivity contribution in [1.29, 1.82) is 0 Å². The first-order valence-corrected chi connectivity index (χ1v) is 28.4. The molecule has 0 saturated carbocycles. The molecule has 5 heterocycles. The van der Waals surface area contributed by atoms with Gasteiger partial charge in [0.15, 0.2) is 30.9 Å². The van der Waals surface area contributed by atoms with Gasteiger partial charge < -0.3 is 100 Å². The smallest absolute Gasteiger partial charge is 0.252 e. The summed E-state index contributed by atoms with van der Waals surface area (Å²) in [5, 5.41) is 90.4. The number of morpholine rings is 1. The van der Waals surface area contributed by atoms with Crippen molar-refractivity contribution >= 4 is 52.9 Å². The molecule has 476 valence electrons. The molecular formula is C56H73N7O24. The number of carbonyl (C=O) groups excluding carboxylic acids is 9. The van der Waals surface area contributed by atoms with Crippen molar-refractivity contribution < 1.29 is 118 Å². The van der Waals surface area contributed by atoms with Gasteiger partial charge in [-0.05, 0) is 18.9 Å². The Kier molecular flexibility index (Phi) is 19.5. The Labute approximate surface area is 498 Å². The number of fused-ring (bicyclic) bond motifs is 6. The average Bonchev–Trinajstić information content (AvgIpc) is 0.945. The number of nitrogens with zero attached hydrogens (tertiary/aromatic N) is 2. The minimum absolute atomic E-state index is 0.0192. The number of hydrogen-bond donors (Lipinski definition) is 12. The van der Waals surface area contributed by atoms with E-state index in [1.54, 1.807) is 20.8 Å². The maximum atomic E-state index is 14.4. The van der Waals surface area contributed by atoms with Gasteiger partial charge in [0.05, 0.1) is 55.8 Å². The van der Waals surface area contributed by atoms with E-state index in [1.807, 2.05) is 0 Å². The highest BCUT2D eigenvalue weighted by Gasteiger charge is 2.56. The molecule has 7 aliphatic rings. The van der Waals surface area contributed by atoms with E-state index in [0.717, 1.165) is 0 Å². The first-order chi connectivity index (χ1) is 41.8. The first kappa shape index (κ1) is 63.2.